The third kappa shape index (κ3) is 4.22. The Bertz CT molecular complexity index is 1410. The molecule has 0 saturated carbocycles. The van der Waals surface area contributed by atoms with Crippen LogP contribution in [0.25, 0.3) is 10.8 Å². The highest BCUT2D eigenvalue weighted by atomic mass is 16.4. The van der Waals surface area contributed by atoms with E-state index in [1.807, 2.05) is 42.5 Å². The highest BCUT2D eigenvalue weighted by Gasteiger charge is 2.24. The lowest BCUT2D eigenvalue weighted by atomic mass is 10.1. The van der Waals surface area contributed by atoms with Gasteiger partial charge in [-0.1, -0.05) is 18.2 Å². The second-order valence-electron chi connectivity index (χ2n) is 8.37. The van der Waals surface area contributed by atoms with Crippen molar-refractivity contribution in [3.63, 3.8) is 0 Å². The van der Waals surface area contributed by atoms with E-state index in [0.717, 1.165) is 11.1 Å². The molecule has 8 nitrogen and oxygen atoms in total. The molecule has 0 unspecified atom stereocenters. The van der Waals surface area contributed by atoms with Crippen molar-refractivity contribution in [3.05, 3.63) is 93.8 Å². The summed E-state index contributed by atoms with van der Waals surface area (Å²) in [4.78, 5) is 40.5. The lowest BCUT2D eigenvalue weighted by molar-refractivity contribution is 0.0712. The maximum absolute atomic E-state index is 13.0. The number of carbonyl (C=O) groups is 2. The average Bonchev–Trinajstić information content (AvgIpc) is 3.34. The van der Waals surface area contributed by atoms with E-state index in [-0.39, 0.29) is 17.2 Å². The number of rotatable bonds is 5. The molecule has 0 atom stereocenters. The zero-order chi connectivity index (χ0) is 23.7. The molecule has 0 bridgehead atoms. The summed E-state index contributed by atoms with van der Waals surface area (Å²) in [5, 5.41) is 8.05. The van der Waals surface area contributed by atoms with Crippen LogP contribution in [-0.2, 0) is 6.42 Å². The minimum atomic E-state index is -0.233. The van der Waals surface area contributed by atoms with Gasteiger partial charge in [0.25, 0.3) is 11.5 Å². The van der Waals surface area contributed by atoms with Crippen molar-refractivity contribution in [2.45, 2.75) is 13.3 Å². The fourth-order valence-electron chi connectivity index (χ4n) is 4.29. The van der Waals surface area contributed by atoms with Crippen LogP contribution >= 0.6 is 0 Å². The Hall–Kier alpha value is -4.20. The maximum Gasteiger partial charge on any atom is 0.289 e. The summed E-state index contributed by atoms with van der Waals surface area (Å²) in [5.41, 5.74) is 2.19. The van der Waals surface area contributed by atoms with Gasteiger partial charge in [-0.3, -0.25) is 14.4 Å². The molecular weight excluding hydrogens is 432 g/mol. The van der Waals surface area contributed by atoms with Crippen molar-refractivity contribution in [3.8, 4) is 0 Å². The van der Waals surface area contributed by atoms with E-state index in [9.17, 15) is 14.4 Å². The number of aromatic amines is 1. The van der Waals surface area contributed by atoms with Crippen LogP contribution in [0.3, 0.4) is 0 Å². The summed E-state index contributed by atoms with van der Waals surface area (Å²) in [7, 11) is 0. The summed E-state index contributed by atoms with van der Waals surface area (Å²) in [6.45, 7) is 4.11. The minimum Gasteiger partial charge on any atom is -0.456 e. The largest absolute Gasteiger partial charge is 0.456 e. The first-order valence-electron chi connectivity index (χ1n) is 11.2. The third-order valence-electron chi connectivity index (χ3n) is 6.19. The quantitative estimate of drug-likeness (QED) is 0.463. The molecule has 0 aliphatic carbocycles. The van der Waals surface area contributed by atoms with E-state index in [1.165, 1.54) is 0 Å². The van der Waals surface area contributed by atoms with Crippen LogP contribution in [0.1, 0.15) is 39.3 Å². The number of hydrogen-bond acceptors (Lipinski definition) is 6. The summed E-state index contributed by atoms with van der Waals surface area (Å²) in [6, 6.07) is 18.3. The Morgan fingerprint density at radius 2 is 1.65 bits per heavy atom. The van der Waals surface area contributed by atoms with Crippen molar-refractivity contribution < 1.29 is 14.0 Å². The zero-order valence-electron chi connectivity index (χ0n) is 18.8. The molecule has 2 aromatic heterocycles. The molecule has 2 aromatic carbocycles. The number of hydrogen-bond donors (Lipinski definition) is 1. The Kier molecular flexibility index (Phi) is 5.71. The van der Waals surface area contributed by atoms with E-state index in [4.69, 9.17) is 4.42 Å². The Morgan fingerprint density at radius 3 is 2.35 bits per heavy atom. The molecule has 34 heavy (non-hydrogen) atoms. The highest BCUT2D eigenvalue weighted by Crippen LogP contribution is 2.21. The molecule has 1 N–H and O–H groups in total. The highest BCUT2D eigenvalue weighted by molar-refractivity contribution is 5.94. The van der Waals surface area contributed by atoms with Gasteiger partial charge in [0, 0.05) is 42.8 Å². The summed E-state index contributed by atoms with van der Waals surface area (Å²) < 4.78 is 5.86. The van der Waals surface area contributed by atoms with Gasteiger partial charge >= 0.3 is 0 Å². The van der Waals surface area contributed by atoms with E-state index >= 15 is 0 Å². The summed E-state index contributed by atoms with van der Waals surface area (Å²) in [5.74, 6) is 0.807. The number of piperazine rings is 1. The molecule has 1 aliphatic heterocycles. The molecule has 1 fully saturated rings. The molecule has 172 valence electrons. The van der Waals surface area contributed by atoms with Gasteiger partial charge in [-0.15, -0.1) is 0 Å². The van der Waals surface area contributed by atoms with Gasteiger partial charge in [0.2, 0.25) is 0 Å². The first-order chi connectivity index (χ1) is 16.5. The number of furan rings is 1. The molecule has 3 heterocycles. The third-order valence-corrected chi connectivity index (χ3v) is 6.19. The van der Waals surface area contributed by atoms with Crippen molar-refractivity contribution in [2.75, 3.05) is 31.1 Å². The van der Waals surface area contributed by atoms with Gasteiger partial charge in [-0.25, -0.2) is 5.10 Å². The lowest BCUT2D eigenvalue weighted by Crippen LogP contribution is -2.48. The second-order valence-corrected chi connectivity index (χ2v) is 8.37. The number of carbonyl (C=O) groups excluding carboxylic acids is 2. The van der Waals surface area contributed by atoms with Crippen LogP contribution < -0.4 is 10.5 Å². The Labute approximate surface area is 195 Å². The minimum absolute atomic E-state index is 0.0457. The molecule has 0 radical (unpaired) electrons. The monoisotopic (exact) mass is 456 g/mol. The fourth-order valence-corrected chi connectivity index (χ4v) is 4.29. The number of ketones is 1. The summed E-state index contributed by atoms with van der Waals surface area (Å²) >= 11 is 0. The van der Waals surface area contributed by atoms with E-state index in [0.29, 0.717) is 60.8 Å². The summed E-state index contributed by atoms with van der Waals surface area (Å²) in [6.07, 6.45) is 0.370. The van der Waals surface area contributed by atoms with Gasteiger partial charge in [-0.2, -0.15) is 5.10 Å². The number of fused-ring (bicyclic) bond motifs is 1. The van der Waals surface area contributed by atoms with Crippen molar-refractivity contribution in [2.24, 2.45) is 0 Å². The smallest absolute Gasteiger partial charge is 0.289 e. The van der Waals surface area contributed by atoms with Crippen LogP contribution in [0.15, 0.2) is 69.9 Å². The van der Waals surface area contributed by atoms with Crippen LogP contribution in [-0.4, -0.2) is 53.0 Å². The van der Waals surface area contributed by atoms with Crippen molar-refractivity contribution >= 4 is 28.2 Å². The van der Waals surface area contributed by atoms with E-state index in [1.54, 1.807) is 30.0 Å². The van der Waals surface area contributed by atoms with Crippen LogP contribution in [0.2, 0.25) is 0 Å². The van der Waals surface area contributed by atoms with Crippen molar-refractivity contribution in [1.82, 2.24) is 15.1 Å². The van der Waals surface area contributed by atoms with E-state index in [2.05, 4.69) is 15.1 Å². The molecule has 5 rings (SSSR count). The van der Waals surface area contributed by atoms with Crippen LogP contribution in [0, 0.1) is 0 Å². The number of amides is 1. The van der Waals surface area contributed by atoms with Gasteiger partial charge in [0.05, 0.1) is 17.5 Å². The Morgan fingerprint density at radius 1 is 0.941 bits per heavy atom. The molecule has 4 aromatic rings. The van der Waals surface area contributed by atoms with Gasteiger partial charge < -0.3 is 14.2 Å². The second kappa shape index (κ2) is 8.97. The zero-order valence-corrected chi connectivity index (χ0v) is 18.8. The Balaban J connectivity index is 1.24. The fraction of sp³-hybridized carbons (Fsp3) is 0.231. The number of nitrogens with one attached hydrogen (secondary N) is 1. The average molecular weight is 457 g/mol. The van der Waals surface area contributed by atoms with Gasteiger partial charge in [0.15, 0.2) is 11.5 Å². The number of nitrogens with zero attached hydrogens (tertiary/aromatic N) is 3. The first-order valence-corrected chi connectivity index (χ1v) is 11.2. The molecule has 1 saturated heterocycles. The molecule has 8 heteroatoms. The predicted molar refractivity (Wildman–Crippen MR) is 128 cm³/mol. The molecule has 0 spiro atoms. The standard InChI is InChI=1S/C26H24N4O4/c1-17(31)18-6-8-19(9-7-18)29-12-14-30(15-13-29)26(33)24-11-10-20(34-24)16-23-21-4-2-3-5-22(21)25(32)28-27-23/h2-11H,12-16H2,1H3,(H,28,32). The molecule has 1 aliphatic rings. The first kappa shape index (κ1) is 21.6. The topological polar surface area (TPSA) is 99.5 Å². The number of H-pyrrole nitrogens is 1. The predicted octanol–water partition coefficient (Wildman–Crippen LogP) is 3.27. The number of benzene rings is 2. The molecule has 1 amide bonds. The van der Waals surface area contributed by atoms with Crippen molar-refractivity contribution in [1.29, 1.82) is 0 Å². The van der Waals surface area contributed by atoms with Crippen LogP contribution in [0.4, 0.5) is 5.69 Å². The number of anilines is 1. The number of Topliss-reactive ketones (excluding diaryl/α,β-unsaturated/α-hetero) is 1. The SMILES string of the molecule is CC(=O)c1ccc(N2CCN(C(=O)c3ccc(Cc4n[nH]c(=O)c5ccccc45)o3)CC2)cc1. The number of aromatic nitrogens is 2. The normalized spacial score (nSPS) is 13.9. The maximum atomic E-state index is 13.0. The van der Waals surface area contributed by atoms with Gasteiger partial charge in [-0.05, 0) is 49.4 Å². The lowest BCUT2D eigenvalue weighted by Gasteiger charge is -2.35. The van der Waals surface area contributed by atoms with Gasteiger partial charge in [0.1, 0.15) is 5.76 Å². The van der Waals surface area contributed by atoms with Crippen LogP contribution in [0.5, 0.6) is 0 Å². The van der Waals surface area contributed by atoms with E-state index < -0.39 is 0 Å². The molecular formula is C26H24N4O4.